The Morgan fingerprint density at radius 1 is 1.23 bits per heavy atom. The topological polar surface area (TPSA) is 58.1 Å². The van der Waals surface area contributed by atoms with Gasteiger partial charge in [0.15, 0.2) is 0 Å². The van der Waals surface area contributed by atoms with Crippen LogP contribution in [0, 0.1) is 0 Å². The second kappa shape index (κ2) is 6.68. The summed E-state index contributed by atoms with van der Waals surface area (Å²) in [6.07, 6.45) is 7.55. The van der Waals surface area contributed by atoms with Gasteiger partial charge in [-0.25, -0.2) is 0 Å². The van der Waals surface area contributed by atoms with E-state index in [0.29, 0.717) is 5.69 Å². The third-order valence-electron chi connectivity index (χ3n) is 4.86. The van der Waals surface area contributed by atoms with Crippen molar-refractivity contribution in [3.63, 3.8) is 0 Å². The van der Waals surface area contributed by atoms with E-state index in [1.165, 1.54) is 0 Å². The quantitative estimate of drug-likeness (QED) is 0.749. The van der Waals surface area contributed by atoms with Crippen LogP contribution in [-0.4, -0.2) is 33.9 Å². The van der Waals surface area contributed by atoms with Crippen LogP contribution in [0.4, 0.5) is 5.00 Å². The van der Waals surface area contributed by atoms with Gasteiger partial charge in [0.2, 0.25) is 0 Å². The molecule has 26 heavy (non-hydrogen) atoms. The highest BCUT2D eigenvalue weighted by Crippen LogP contribution is 2.35. The number of likely N-dealkylation sites (tertiary alicyclic amines) is 1. The van der Waals surface area contributed by atoms with Crippen molar-refractivity contribution in [1.29, 1.82) is 0 Å². The van der Waals surface area contributed by atoms with Crippen molar-refractivity contribution in [1.82, 2.24) is 14.9 Å². The van der Waals surface area contributed by atoms with Crippen LogP contribution in [0.2, 0.25) is 0 Å². The van der Waals surface area contributed by atoms with Crippen molar-refractivity contribution >= 4 is 32.3 Å². The molecule has 1 aliphatic rings. The van der Waals surface area contributed by atoms with E-state index in [9.17, 15) is 4.79 Å². The molecule has 0 atom stereocenters. The zero-order valence-electron chi connectivity index (χ0n) is 15.0. The van der Waals surface area contributed by atoms with Crippen molar-refractivity contribution in [3.8, 4) is 0 Å². The highest BCUT2D eigenvalue weighted by atomic mass is 32.1. The molecule has 134 valence electrons. The highest BCUT2D eigenvalue weighted by Gasteiger charge is 2.25. The molecule has 1 fully saturated rings. The molecule has 5 nitrogen and oxygen atoms in total. The van der Waals surface area contributed by atoms with Gasteiger partial charge in [-0.05, 0) is 50.5 Å². The van der Waals surface area contributed by atoms with E-state index in [2.05, 4.69) is 41.3 Å². The Kier molecular flexibility index (Phi) is 4.36. The summed E-state index contributed by atoms with van der Waals surface area (Å²) in [7, 11) is 0. The number of fused-ring (bicyclic) bond motifs is 1. The smallest absolute Gasteiger partial charge is 0.273 e. The van der Waals surface area contributed by atoms with Crippen molar-refractivity contribution in [2.24, 2.45) is 0 Å². The number of thiophene rings is 1. The van der Waals surface area contributed by atoms with Gasteiger partial charge in [0.25, 0.3) is 5.91 Å². The molecule has 1 aliphatic heterocycles. The maximum absolute atomic E-state index is 12.8. The fourth-order valence-corrected chi connectivity index (χ4v) is 4.49. The molecule has 3 aromatic heterocycles. The van der Waals surface area contributed by atoms with Crippen LogP contribution in [0.3, 0.4) is 0 Å². The fraction of sp³-hybridized carbons (Fsp3) is 0.350. The summed E-state index contributed by atoms with van der Waals surface area (Å²) in [6.45, 7) is 5.92. The Hall–Kier alpha value is -2.47. The molecule has 0 aliphatic carbocycles. The number of rotatable bonds is 4. The first-order valence-electron chi connectivity index (χ1n) is 8.91. The van der Waals surface area contributed by atoms with Crippen LogP contribution in [0.15, 0.2) is 42.9 Å². The Morgan fingerprint density at radius 2 is 2.04 bits per heavy atom. The van der Waals surface area contributed by atoms with E-state index < -0.39 is 0 Å². The van der Waals surface area contributed by atoms with Gasteiger partial charge < -0.3 is 10.2 Å². The van der Waals surface area contributed by atoms with E-state index in [1.807, 2.05) is 23.2 Å². The lowest BCUT2D eigenvalue weighted by molar-refractivity contribution is 0.0789. The lowest BCUT2D eigenvalue weighted by atomic mass is 9.96. The van der Waals surface area contributed by atoms with E-state index in [0.717, 1.165) is 46.6 Å². The molecule has 0 radical (unpaired) electrons. The van der Waals surface area contributed by atoms with Gasteiger partial charge >= 0.3 is 0 Å². The second-order valence-electron chi connectivity index (χ2n) is 7.17. The number of hydrogen-bond donors (Lipinski definition) is 1. The molecule has 0 bridgehead atoms. The average Bonchev–Trinajstić information content (AvgIpc) is 3.30. The minimum Gasteiger partial charge on any atom is -0.368 e. The van der Waals surface area contributed by atoms with E-state index >= 15 is 0 Å². The summed E-state index contributed by atoms with van der Waals surface area (Å²) in [5.74, 6) is 0.0453. The average molecular weight is 366 g/mol. The number of pyridine rings is 2. The van der Waals surface area contributed by atoms with Crippen molar-refractivity contribution < 1.29 is 4.79 Å². The molecule has 1 amide bonds. The minimum atomic E-state index is -0.262. The van der Waals surface area contributed by atoms with Gasteiger partial charge in [0.05, 0.1) is 10.5 Å². The Morgan fingerprint density at radius 3 is 2.77 bits per heavy atom. The van der Waals surface area contributed by atoms with Crippen LogP contribution in [-0.2, 0) is 5.54 Å². The van der Waals surface area contributed by atoms with Crippen LogP contribution in [0.25, 0.3) is 10.1 Å². The molecule has 6 heteroatoms. The van der Waals surface area contributed by atoms with Gasteiger partial charge in [-0.2, -0.15) is 0 Å². The van der Waals surface area contributed by atoms with E-state index in [4.69, 9.17) is 0 Å². The molecule has 0 aromatic carbocycles. The highest BCUT2D eigenvalue weighted by molar-refractivity contribution is 7.22. The molecule has 0 saturated carbocycles. The van der Waals surface area contributed by atoms with Crippen molar-refractivity contribution in [2.45, 2.75) is 32.2 Å². The monoisotopic (exact) mass is 366 g/mol. The zero-order chi connectivity index (χ0) is 18.1. The predicted octanol–water partition coefficient (Wildman–Crippen LogP) is 4.27. The third kappa shape index (κ3) is 3.17. The van der Waals surface area contributed by atoms with Crippen LogP contribution in [0.5, 0.6) is 0 Å². The summed E-state index contributed by atoms with van der Waals surface area (Å²) in [6, 6.07) is 8.04. The number of hydrogen-bond acceptors (Lipinski definition) is 5. The number of nitrogens with one attached hydrogen (secondary N) is 1. The molecule has 1 saturated heterocycles. The molecular weight excluding hydrogens is 344 g/mol. The molecular formula is C20H22N4OS. The first-order chi connectivity index (χ1) is 12.5. The van der Waals surface area contributed by atoms with Crippen molar-refractivity contribution in [3.05, 3.63) is 54.1 Å². The summed E-state index contributed by atoms with van der Waals surface area (Å²) in [4.78, 5) is 23.3. The Bertz CT molecular complexity index is 929. The van der Waals surface area contributed by atoms with Gasteiger partial charge in [-0.1, -0.05) is 6.07 Å². The summed E-state index contributed by atoms with van der Waals surface area (Å²) < 4.78 is 1.08. The number of carbonyl (C=O) groups excluding carboxylic acids is 1. The lowest BCUT2D eigenvalue weighted by Gasteiger charge is -2.26. The predicted molar refractivity (Wildman–Crippen MR) is 106 cm³/mol. The summed E-state index contributed by atoms with van der Waals surface area (Å²) in [5, 5.41) is 5.54. The summed E-state index contributed by atoms with van der Waals surface area (Å²) in [5.41, 5.74) is 1.42. The standard InChI is InChI=1S/C20H22N4OS/c1-20(2,14-6-5-8-21-13-14)23-17-12-15-16(26-17)7-9-22-18(15)19(25)24-10-3-4-11-24/h5-9,12-13,23H,3-4,10-11H2,1-2H3. The fourth-order valence-electron chi connectivity index (χ4n) is 3.38. The molecule has 1 N–H and O–H groups in total. The number of amides is 1. The maximum atomic E-state index is 12.8. The van der Waals surface area contributed by atoms with Crippen LogP contribution >= 0.6 is 11.3 Å². The molecule has 3 aromatic rings. The number of nitrogens with zero attached hydrogens (tertiary/aromatic N) is 3. The number of carbonyl (C=O) groups is 1. The largest absolute Gasteiger partial charge is 0.368 e. The van der Waals surface area contributed by atoms with Gasteiger partial charge in [0, 0.05) is 41.8 Å². The van der Waals surface area contributed by atoms with Gasteiger partial charge in [0.1, 0.15) is 5.69 Å². The van der Waals surface area contributed by atoms with Gasteiger partial charge in [-0.3, -0.25) is 14.8 Å². The molecule has 0 unspecified atom stereocenters. The molecule has 4 rings (SSSR count). The van der Waals surface area contributed by atoms with Gasteiger partial charge in [-0.15, -0.1) is 11.3 Å². The minimum absolute atomic E-state index is 0.0453. The maximum Gasteiger partial charge on any atom is 0.273 e. The van der Waals surface area contributed by atoms with E-state index in [1.54, 1.807) is 23.7 Å². The Balaban J connectivity index is 1.66. The normalized spacial score (nSPS) is 14.8. The number of anilines is 1. The first kappa shape index (κ1) is 17.0. The molecule has 4 heterocycles. The van der Waals surface area contributed by atoms with Crippen LogP contribution in [0.1, 0.15) is 42.7 Å². The van der Waals surface area contributed by atoms with Crippen molar-refractivity contribution in [2.75, 3.05) is 18.4 Å². The number of aromatic nitrogens is 2. The SMILES string of the molecule is CC(C)(Nc1cc2c(C(=O)N3CCCC3)nccc2s1)c1cccnc1. The zero-order valence-corrected chi connectivity index (χ0v) is 15.8. The third-order valence-corrected chi connectivity index (χ3v) is 5.88. The first-order valence-corrected chi connectivity index (χ1v) is 9.73. The summed E-state index contributed by atoms with van der Waals surface area (Å²) >= 11 is 1.65. The second-order valence-corrected chi connectivity index (χ2v) is 8.26. The van der Waals surface area contributed by atoms with Crippen LogP contribution < -0.4 is 5.32 Å². The molecule has 0 spiro atoms. The lowest BCUT2D eigenvalue weighted by Crippen LogP contribution is -2.28. The van der Waals surface area contributed by atoms with E-state index in [-0.39, 0.29) is 11.4 Å². The Labute approximate surface area is 157 Å².